The van der Waals surface area contributed by atoms with E-state index in [9.17, 15) is 9.59 Å². The van der Waals surface area contributed by atoms with Crippen LogP contribution in [0.15, 0.2) is 48.5 Å². The van der Waals surface area contributed by atoms with Crippen molar-refractivity contribution in [2.75, 3.05) is 13.2 Å². The molecule has 0 saturated carbocycles. The number of amides is 1. The van der Waals surface area contributed by atoms with Gasteiger partial charge in [0.05, 0.1) is 12.1 Å². The second kappa shape index (κ2) is 8.38. The highest BCUT2D eigenvalue weighted by Gasteiger charge is 2.24. The number of carboxylic acids is 1. The average Bonchev–Trinajstić information content (AvgIpc) is 2.61. The predicted octanol–water partition coefficient (Wildman–Crippen LogP) is 3.21. The standard InChI is InChI=1S/C20H23NO5/c1-4-25-17-12-14(10-11-16(17)26-13-18(22)23)19(24)21-20(2,3)15-8-6-5-7-9-15/h5-12H,4,13H2,1-3H3,(H,21,24)(H,22,23). The van der Waals surface area contributed by atoms with Gasteiger partial charge in [-0.2, -0.15) is 0 Å². The van der Waals surface area contributed by atoms with E-state index < -0.39 is 18.1 Å². The van der Waals surface area contributed by atoms with E-state index in [0.29, 0.717) is 17.9 Å². The quantitative estimate of drug-likeness (QED) is 0.758. The Balaban J connectivity index is 2.20. The minimum absolute atomic E-state index is 0.260. The van der Waals surface area contributed by atoms with Crippen molar-refractivity contribution in [1.29, 1.82) is 0 Å². The van der Waals surface area contributed by atoms with Crippen molar-refractivity contribution in [3.8, 4) is 11.5 Å². The summed E-state index contributed by atoms with van der Waals surface area (Å²) in [6, 6.07) is 14.3. The first-order valence-electron chi connectivity index (χ1n) is 8.33. The van der Waals surface area contributed by atoms with Crippen LogP contribution in [-0.2, 0) is 10.3 Å². The van der Waals surface area contributed by atoms with Crippen LogP contribution in [0, 0.1) is 0 Å². The highest BCUT2D eigenvalue weighted by molar-refractivity contribution is 5.95. The molecule has 0 unspecified atom stereocenters. The fourth-order valence-corrected chi connectivity index (χ4v) is 2.46. The maximum Gasteiger partial charge on any atom is 0.341 e. The Kier molecular flexibility index (Phi) is 6.22. The van der Waals surface area contributed by atoms with Gasteiger partial charge in [0.2, 0.25) is 0 Å². The molecular formula is C20H23NO5. The van der Waals surface area contributed by atoms with Crippen LogP contribution in [0.2, 0.25) is 0 Å². The molecule has 2 rings (SSSR count). The van der Waals surface area contributed by atoms with Crippen molar-refractivity contribution >= 4 is 11.9 Å². The Morgan fingerprint density at radius 2 is 1.73 bits per heavy atom. The Bertz CT molecular complexity index is 771. The van der Waals surface area contributed by atoms with Gasteiger partial charge in [-0.05, 0) is 44.5 Å². The molecule has 0 saturated heterocycles. The number of hydrogen-bond acceptors (Lipinski definition) is 4. The van der Waals surface area contributed by atoms with Crippen LogP contribution in [0.4, 0.5) is 0 Å². The van der Waals surface area contributed by atoms with Gasteiger partial charge in [0, 0.05) is 5.56 Å². The molecular weight excluding hydrogens is 334 g/mol. The van der Waals surface area contributed by atoms with Crippen LogP contribution in [0.1, 0.15) is 36.7 Å². The van der Waals surface area contributed by atoms with E-state index in [1.165, 1.54) is 0 Å². The summed E-state index contributed by atoms with van der Waals surface area (Å²) in [6.45, 7) is 5.53. The summed E-state index contributed by atoms with van der Waals surface area (Å²) in [5.74, 6) is -0.726. The molecule has 6 heteroatoms. The third-order valence-electron chi connectivity index (χ3n) is 3.78. The lowest BCUT2D eigenvalue weighted by Crippen LogP contribution is -2.40. The number of rotatable bonds is 8. The molecule has 26 heavy (non-hydrogen) atoms. The lowest BCUT2D eigenvalue weighted by atomic mass is 9.94. The number of benzene rings is 2. The van der Waals surface area contributed by atoms with Crippen LogP contribution in [0.5, 0.6) is 11.5 Å². The molecule has 0 bridgehead atoms. The van der Waals surface area contributed by atoms with Gasteiger partial charge in [-0.25, -0.2) is 4.79 Å². The van der Waals surface area contributed by atoms with Crippen LogP contribution in [0.25, 0.3) is 0 Å². The van der Waals surface area contributed by atoms with Crippen LogP contribution >= 0.6 is 0 Å². The fourth-order valence-electron chi connectivity index (χ4n) is 2.46. The molecule has 2 aromatic carbocycles. The third-order valence-corrected chi connectivity index (χ3v) is 3.78. The number of carbonyl (C=O) groups excluding carboxylic acids is 1. The van der Waals surface area contributed by atoms with E-state index in [1.54, 1.807) is 25.1 Å². The van der Waals surface area contributed by atoms with Crippen LogP contribution < -0.4 is 14.8 Å². The molecule has 0 radical (unpaired) electrons. The molecule has 2 aromatic rings. The van der Waals surface area contributed by atoms with Gasteiger partial charge in [0.25, 0.3) is 5.91 Å². The lowest BCUT2D eigenvalue weighted by Gasteiger charge is -2.27. The molecule has 2 N–H and O–H groups in total. The summed E-state index contributed by atoms with van der Waals surface area (Å²) >= 11 is 0. The van der Waals surface area contributed by atoms with Crippen LogP contribution in [-0.4, -0.2) is 30.2 Å². The minimum Gasteiger partial charge on any atom is -0.490 e. The zero-order valence-electron chi connectivity index (χ0n) is 15.1. The number of nitrogens with one attached hydrogen (secondary N) is 1. The number of aliphatic carboxylic acids is 1. The SMILES string of the molecule is CCOc1cc(C(=O)NC(C)(C)c2ccccc2)ccc1OCC(=O)O. The Morgan fingerprint density at radius 1 is 1.04 bits per heavy atom. The first-order valence-corrected chi connectivity index (χ1v) is 8.33. The molecule has 0 aliphatic rings. The molecule has 0 fully saturated rings. The third kappa shape index (κ3) is 4.99. The smallest absolute Gasteiger partial charge is 0.341 e. The largest absolute Gasteiger partial charge is 0.490 e. The second-order valence-corrected chi connectivity index (χ2v) is 6.22. The number of carbonyl (C=O) groups is 2. The molecule has 6 nitrogen and oxygen atoms in total. The van der Waals surface area contributed by atoms with Crippen LogP contribution in [0.3, 0.4) is 0 Å². The van der Waals surface area contributed by atoms with Gasteiger partial charge < -0.3 is 19.9 Å². The molecule has 0 atom stereocenters. The summed E-state index contributed by atoms with van der Waals surface area (Å²) in [5.41, 5.74) is 0.836. The summed E-state index contributed by atoms with van der Waals surface area (Å²) in [5, 5.41) is 11.7. The Labute approximate surface area is 152 Å². The van der Waals surface area contributed by atoms with E-state index in [2.05, 4.69) is 5.32 Å². The molecule has 1 amide bonds. The van der Waals surface area contributed by atoms with Gasteiger partial charge in [-0.3, -0.25) is 4.79 Å². The highest BCUT2D eigenvalue weighted by atomic mass is 16.5. The molecule has 0 aromatic heterocycles. The van der Waals surface area contributed by atoms with Crippen molar-refractivity contribution in [3.63, 3.8) is 0 Å². The first-order chi connectivity index (χ1) is 12.3. The van der Waals surface area contributed by atoms with Gasteiger partial charge in [0.1, 0.15) is 0 Å². The molecule has 0 aliphatic heterocycles. The number of hydrogen-bond donors (Lipinski definition) is 2. The van der Waals surface area contributed by atoms with E-state index >= 15 is 0 Å². The number of carboxylic acid groups (broad SMARTS) is 1. The minimum atomic E-state index is -1.08. The van der Waals surface area contributed by atoms with Crippen molar-refractivity contribution in [2.45, 2.75) is 26.3 Å². The molecule has 0 spiro atoms. The predicted molar refractivity (Wildman–Crippen MR) is 97.7 cm³/mol. The lowest BCUT2D eigenvalue weighted by molar-refractivity contribution is -0.139. The summed E-state index contributed by atoms with van der Waals surface area (Å²) in [4.78, 5) is 23.3. The van der Waals surface area contributed by atoms with Gasteiger partial charge in [-0.15, -0.1) is 0 Å². The van der Waals surface area contributed by atoms with Crippen molar-refractivity contribution in [1.82, 2.24) is 5.32 Å². The normalized spacial score (nSPS) is 10.9. The second-order valence-electron chi connectivity index (χ2n) is 6.22. The van der Waals surface area contributed by atoms with Crippen molar-refractivity contribution in [3.05, 3.63) is 59.7 Å². The van der Waals surface area contributed by atoms with E-state index in [0.717, 1.165) is 5.56 Å². The van der Waals surface area contributed by atoms with Crippen molar-refractivity contribution in [2.24, 2.45) is 0 Å². The zero-order chi connectivity index (χ0) is 19.2. The van der Waals surface area contributed by atoms with Gasteiger partial charge in [-0.1, -0.05) is 30.3 Å². The maximum atomic E-state index is 12.7. The number of ether oxygens (including phenoxy) is 2. The zero-order valence-corrected chi connectivity index (χ0v) is 15.1. The first kappa shape index (κ1) is 19.3. The molecule has 0 aliphatic carbocycles. The van der Waals surface area contributed by atoms with Crippen molar-refractivity contribution < 1.29 is 24.2 Å². The van der Waals surface area contributed by atoms with E-state index in [4.69, 9.17) is 14.6 Å². The van der Waals surface area contributed by atoms with Gasteiger partial charge >= 0.3 is 5.97 Å². The Morgan fingerprint density at radius 3 is 2.35 bits per heavy atom. The fraction of sp³-hybridized carbons (Fsp3) is 0.300. The summed E-state index contributed by atoms with van der Waals surface area (Å²) in [7, 11) is 0. The Hall–Kier alpha value is -3.02. The summed E-state index contributed by atoms with van der Waals surface area (Å²) in [6.07, 6.45) is 0. The molecule has 138 valence electrons. The maximum absolute atomic E-state index is 12.7. The highest BCUT2D eigenvalue weighted by Crippen LogP contribution is 2.29. The molecule has 0 heterocycles. The average molecular weight is 357 g/mol. The van der Waals surface area contributed by atoms with E-state index in [1.807, 2.05) is 44.2 Å². The van der Waals surface area contributed by atoms with E-state index in [-0.39, 0.29) is 11.7 Å². The summed E-state index contributed by atoms with van der Waals surface area (Å²) < 4.78 is 10.7. The topological polar surface area (TPSA) is 84.9 Å². The monoisotopic (exact) mass is 357 g/mol. The van der Waals surface area contributed by atoms with Gasteiger partial charge in [0.15, 0.2) is 18.1 Å².